The van der Waals surface area contributed by atoms with Crippen molar-refractivity contribution >= 4 is 46.5 Å². The molecule has 1 aliphatic carbocycles. The van der Waals surface area contributed by atoms with Crippen molar-refractivity contribution < 1.29 is 44.3 Å². The van der Waals surface area contributed by atoms with Crippen molar-refractivity contribution in [1.82, 2.24) is 5.32 Å². The second-order valence-electron chi connectivity index (χ2n) is 8.03. The van der Waals surface area contributed by atoms with Crippen molar-refractivity contribution in [3.63, 3.8) is 0 Å². The first kappa shape index (κ1) is 28.5. The monoisotopic (exact) mass is 583 g/mol. The molecular formula is C22H13Cl3F9NO. The van der Waals surface area contributed by atoms with Gasteiger partial charge >= 0.3 is 12.4 Å². The van der Waals surface area contributed by atoms with E-state index in [2.05, 4.69) is 0 Å². The lowest BCUT2D eigenvalue weighted by molar-refractivity contribution is -0.140. The highest BCUT2D eigenvalue weighted by atomic mass is 35.5. The molecule has 0 bridgehead atoms. The molecule has 1 atom stereocenters. The summed E-state index contributed by atoms with van der Waals surface area (Å²) in [6.07, 6.45) is -11.8. The number of amides is 1. The van der Waals surface area contributed by atoms with Crippen LogP contribution in [0.3, 0.4) is 0 Å². The van der Waals surface area contributed by atoms with Crippen LogP contribution in [0.25, 0.3) is 5.83 Å². The molecule has 14 heteroatoms. The highest BCUT2D eigenvalue weighted by Crippen LogP contribution is 2.43. The molecule has 36 heavy (non-hydrogen) atoms. The molecule has 2 aromatic carbocycles. The molecule has 0 aromatic heterocycles. The van der Waals surface area contributed by atoms with Gasteiger partial charge in [0, 0.05) is 24.4 Å². The van der Waals surface area contributed by atoms with E-state index in [1.807, 2.05) is 5.32 Å². The maximum Gasteiger partial charge on any atom is 0.417 e. The summed E-state index contributed by atoms with van der Waals surface area (Å²) in [6.45, 7) is 0. The Morgan fingerprint density at radius 1 is 1.00 bits per heavy atom. The third-order valence-electron chi connectivity index (χ3n) is 5.30. The topological polar surface area (TPSA) is 29.1 Å². The van der Waals surface area contributed by atoms with Gasteiger partial charge in [0.2, 0.25) is 0 Å². The van der Waals surface area contributed by atoms with Crippen LogP contribution in [0.4, 0.5) is 39.5 Å². The van der Waals surface area contributed by atoms with E-state index in [-0.39, 0.29) is 27.2 Å². The quantitative estimate of drug-likeness (QED) is 0.276. The van der Waals surface area contributed by atoms with E-state index in [1.165, 1.54) is 0 Å². The predicted octanol–water partition coefficient (Wildman–Crippen LogP) is 8.85. The lowest BCUT2D eigenvalue weighted by Crippen LogP contribution is -2.50. The van der Waals surface area contributed by atoms with E-state index in [9.17, 15) is 44.3 Å². The standard InChI is InChI=1S/C22H13Cl3F9NO/c23-15-4-10(5-16(24)18(15)25)13(21(29,30)31)6-17(26)9-1-2-12(14(3-9)22(32,33)34)19(36)35-11-7-20(27,28)8-11/h1-6,11,13H,7-8H2,(H,35,36). The van der Waals surface area contributed by atoms with E-state index >= 15 is 0 Å². The van der Waals surface area contributed by atoms with Crippen LogP contribution in [-0.2, 0) is 6.18 Å². The number of hydrogen-bond acceptors (Lipinski definition) is 1. The van der Waals surface area contributed by atoms with Crippen LogP contribution in [0.2, 0.25) is 15.1 Å². The Labute approximate surface area is 213 Å². The lowest BCUT2D eigenvalue weighted by Gasteiger charge is -2.35. The maximum atomic E-state index is 14.9. The summed E-state index contributed by atoms with van der Waals surface area (Å²) < 4.78 is 123. The third kappa shape index (κ3) is 6.41. The molecule has 2 nitrogen and oxygen atoms in total. The van der Waals surface area contributed by atoms with Gasteiger partial charge in [0.05, 0.1) is 26.2 Å². The average Bonchev–Trinajstić information content (AvgIpc) is 2.72. The molecule has 1 N–H and O–H groups in total. The third-order valence-corrected chi connectivity index (χ3v) is 6.50. The Kier molecular flexibility index (Phi) is 7.89. The van der Waals surface area contributed by atoms with Gasteiger partial charge < -0.3 is 5.32 Å². The first-order chi connectivity index (χ1) is 16.4. The van der Waals surface area contributed by atoms with Crippen molar-refractivity contribution in [1.29, 1.82) is 0 Å². The summed E-state index contributed by atoms with van der Waals surface area (Å²) in [5.41, 5.74) is -4.19. The Morgan fingerprint density at radius 3 is 2.03 bits per heavy atom. The summed E-state index contributed by atoms with van der Waals surface area (Å²) in [7, 11) is 0. The van der Waals surface area contributed by atoms with Crippen LogP contribution in [-0.4, -0.2) is 24.0 Å². The molecule has 1 fully saturated rings. The van der Waals surface area contributed by atoms with Gasteiger partial charge in [0.15, 0.2) is 0 Å². The molecule has 0 spiro atoms. The van der Waals surface area contributed by atoms with Crippen molar-refractivity contribution in [2.45, 2.75) is 43.1 Å². The molecule has 0 saturated heterocycles. The second-order valence-corrected chi connectivity index (χ2v) is 9.22. The number of allylic oxidation sites excluding steroid dienone is 1. The number of nitrogens with one attached hydrogen (secondary N) is 1. The van der Waals surface area contributed by atoms with Crippen LogP contribution in [0.15, 0.2) is 36.4 Å². The number of carbonyl (C=O) groups is 1. The number of halogens is 12. The van der Waals surface area contributed by atoms with E-state index in [1.54, 1.807) is 0 Å². The normalized spacial score (nSPS) is 17.5. The maximum absolute atomic E-state index is 14.9. The summed E-state index contributed by atoms with van der Waals surface area (Å²) in [5, 5.41) is 1.06. The number of hydrogen-bond donors (Lipinski definition) is 1. The van der Waals surface area contributed by atoms with Crippen molar-refractivity contribution in [3.05, 3.63) is 73.7 Å². The van der Waals surface area contributed by atoms with Gasteiger partial charge in [-0.25, -0.2) is 13.2 Å². The van der Waals surface area contributed by atoms with Crippen LogP contribution < -0.4 is 5.32 Å². The SMILES string of the molecule is O=C(NC1CC(F)(F)C1)c1ccc(C(F)=CC(c2cc(Cl)c(Cl)c(Cl)c2)C(F)(F)F)cc1C(F)(F)F. The highest BCUT2D eigenvalue weighted by molar-refractivity contribution is 6.48. The van der Waals surface area contributed by atoms with E-state index < -0.39 is 77.1 Å². The zero-order valence-electron chi connectivity index (χ0n) is 17.5. The fourth-order valence-electron chi connectivity index (χ4n) is 3.53. The van der Waals surface area contributed by atoms with E-state index in [4.69, 9.17) is 34.8 Å². The first-order valence-electron chi connectivity index (χ1n) is 9.88. The fraction of sp³-hybridized carbons (Fsp3) is 0.318. The predicted molar refractivity (Wildman–Crippen MR) is 116 cm³/mol. The summed E-state index contributed by atoms with van der Waals surface area (Å²) in [6, 6.07) is 1.89. The number of carbonyl (C=O) groups excluding carboxylic acids is 1. The van der Waals surface area contributed by atoms with Gasteiger partial charge in [-0.3, -0.25) is 4.79 Å². The second kappa shape index (κ2) is 9.98. The largest absolute Gasteiger partial charge is 0.417 e. The number of benzene rings is 2. The lowest BCUT2D eigenvalue weighted by atomic mass is 9.88. The van der Waals surface area contributed by atoms with E-state index in [0.717, 1.165) is 12.1 Å². The Hall–Kier alpha value is -2.11. The number of alkyl halides is 8. The number of rotatable bonds is 5. The molecule has 1 saturated carbocycles. The molecule has 1 amide bonds. The Morgan fingerprint density at radius 2 is 1.56 bits per heavy atom. The van der Waals surface area contributed by atoms with Gasteiger partial charge in [-0.05, 0) is 35.9 Å². The summed E-state index contributed by atoms with van der Waals surface area (Å²) in [4.78, 5) is 12.2. The molecule has 0 aliphatic heterocycles. The Balaban J connectivity index is 1.99. The average molecular weight is 585 g/mol. The van der Waals surface area contributed by atoms with Crippen LogP contribution >= 0.6 is 34.8 Å². The molecule has 196 valence electrons. The van der Waals surface area contributed by atoms with Crippen LogP contribution in [0, 0.1) is 0 Å². The van der Waals surface area contributed by atoms with Crippen molar-refractivity contribution in [2.75, 3.05) is 0 Å². The van der Waals surface area contributed by atoms with Gasteiger partial charge in [0.25, 0.3) is 11.8 Å². The smallest absolute Gasteiger partial charge is 0.349 e. The van der Waals surface area contributed by atoms with Crippen LogP contribution in [0.1, 0.15) is 45.8 Å². The highest BCUT2D eigenvalue weighted by Gasteiger charge is 2.46. The van der Waals surface area contributed by atoms with E-state index in [0.29, 0.717) is 12.1 Å². The minimum Gasteiger partial charge on any atom is -0.349 e. The minimum atomic E-state index is -5.22. The molecule has 0 heterocycles. The van der Waals surface area contributed by atoms with Gasteiger partial charge in [-0.2, -0.15) is 26.3 Å². The van der Waals surface area contributed by atoms with Crippen molar-refractivity contribution in [3.8, 4) is 0 Å². The first-order valence-corrected chi connectivity index (χ1v) is 11.0. The van der Waals surface area contributed by atoms with Gasteiger partial charge in [-0.15, -0.1) is 0 Å². The molecular weight excluding hydrogens is 572 g/mol. The zero-order chi connectivity index (χ0) is 27.2. The zero-order valence-corrected chi connectivity index (χ0v) is 19.7. The van der Waals surface area contributed by atoms with Crippen molar-refractivity contribution in [2.24, 2.45) is 0 Å². The molecule has 2 aromatic rings. The molecule has 1 unspecified atom stereocenters. The summed E-state index contributed by atoms with van der Waals surface area (Å²) in [5.74, 6) is -8.73. The fourth-order valence-corrected chi connectivity index (χ4v) is 4.14. The van der Waals surface area contributed by atoms with Gasteiger partial charge in [-0.1, -0.05) is 40.9 Å². The summed E-state index contributed by atoms with van der Waals surface area (Å²) >= 11 is 17.2. The molecule has 3 rings (SSSR count). The molecule has 1 aliphatic rings. The minimum absolute atomic E-state index is 0.0293. The Bertz CT molecular complexity index is 1180. The van der Waals surface area contributed by atoms with Crippen LogP contribution in [0.5, 0.6) is 0 Å². The molecule has 0 radical (unpaired) electrons. The van der Waals surface area contributed by atoms with Gasteiger partial charge in [0.1, 0.15) is 11.7 Å².